The molecule has 4 aromatic rings. The van der Waals surface area contributed by atoms with Crippen LogP contribution in [0.4, 0.5) is 0 Å². The largest absolute Gasteiger partial charge is 0.463 e. The van der Waals surface area contributed by atoms with Gasteiger partial charge in [0, 0.05) is 13.8 Å². The van der Waals surface area contributed by atoms with Crippen molar-refractivity contribution < 1.29 is 71.4 Å². The predicted molar refractivity (Wildman–Crippen MR) is 212 cm³/mol. The molecule has 0 aromatic heterocycles. The highest BCUT2D eigenvalue weighted by Gasteiger charge is 2.56. The zero-order valence-corrected chi connectivity index (χ0v) is 34.1. The summed E-state index contributed by atoms with van der Waals surface area (Å²) in [4.78, 5) is 79.4. The minimum atomic E-state index is -1.69. The van der Waals surface area contributed by atoms with E-state index in [1.165, 1.54) is 62.4 Å². The molecule has 2 aliphatic rings. The molecule has 4 aromatic carbocycles. The van der Waals surface area contributed by atoms with Crippen molar-refractivity contribution in [2.75, 3.05) is 6.61 Å². The van der Waals surface area contributed by atoms with Gasteiger partial charge in [-0.2, -0.15) is 0 Å². The molecule has 0 radical (unpaired) electrons. The molecule has 0 spiro atoms. The number of halogens is 1. The molecule has 314 valence electrons. The van der Waals surface area contributed by atoms with Crippen LogP contribution < -0.4 is 0 Å². The highest BCUT2D eigenvalue weighted by Crippen LogP contribution is 2.37. The maximum atomic E-state index is 13.9. The average molecular weight is 890 g/mol. The molecule has 0 bridgehead atoms. The number of ether oxygens (including phenoxy) is 9. The zero-order valence-electron chi connectivity index (χ0n) is 32.5. The van der Waals surface area contributed by atoms with Crippen LogP contribution in [0, 0.1) is 0 Å². The molecular weight excluding hydrogens is 848 g/mol. The lowest BCUT2D eigenvalue weighted by Crippen LogP contribution is -2.65. The first-order chi connectivity index (χ1) is 28.9. The van der Waals surface area contributed by atoms with Gasteiger partial charge in [-0.05, 0) is 55.5 Å². The minimum absolute atomic E-state index is 0.109. The van der Waals surface area contributed by atoms with E-state index in [9.17, 15) is 28.8 Å². The summed E-state index contributed by atoms with van der Waals surface area (Å²) < 4.78 is 54.1. The third-order valence-electron chi connectivity index (χ3n) is 9.36. The second kappa shape index (κ2) is 20.4. The molecule has 16 heteroatoms. The smallest absolute Gasteiger partial charge is 0.338 e. The van der Waals surface area contributed by atoms with Gasteiger partial charge in [-0.3, -0.25) is 9.59 Å². The van der Waals surface area contributed by atoms with Crippen molar-refractivity contribution in [2.45, 2.75) is 80.9 Å². The quantitative estimate of drug-likeness (QED) is 0.0913. The lowest BCUT2D eigenvalue weighted by molar-refractivity contribution is -0.327. The van der Waals surface area contributed by atoms with Crippen LogP contribution in [-0.2, 0) is 52.2 Å². The van der Waals surface area contributed by atoms with E-state index in [0.29, 0.717) is 0 Å². The second-order valence-electron chi connectivity index (χ2n) is 13.7. The standard InChI is InChI=1S/C44H41BrO15/c1-25-33(56-40(48)28-16-8-4-9-17-28)35(57-41(49)29-18-10-5-11-19-29)38(59-43(51)31-22-14-7-15-23-31)44(53-25)60-37-36(58-42(50)30-20-12-6-13-21-30)34(54-27(3)47)32(55-39(37)45)24-52-26(2)46/h4-23,25,32-39,44H,24H2,1-3H3/t25?,32?,33-,34+,35?,36?,37?,38?,39-,44-/m0/s1. The lowest BCUT2D eigenvalue weighted by atomic mass is 9.97. The number of hydrogen-bond donors (Lipinski definition) is 0. The summed E-state index contributed by atoms with van der Waals surface area (Å²) in [6.07, 6.45) is -13.0. The Morgan fingerprint density at radius 1 is 0.483 bits per heavy atom. The van der Waals surface area contributed by atoms with Gasteiger partial charge in [-0.15, -0.1) is 0 Å². The molecule has 6 rings (SSSR count). The summed E-state index contributed by atoms with van der Waals surface area (Å²) in [5, 5.41) is -1.21. The Morgan fingerprint density at radius 3 is 1.27 bits per heavy atom. The molecule has 2 heterocycles. The predicted octanol–water partition coefficient (Wildman–Crippen LogP) is 5.63. The zero-order chi connectivity index (χ0) is 42.8. The van der Waals surface area contributed by atoms with Crippen LogP contribution in [-0.4, -0.2) is 103 Å². The van der Waals surface area contributed by atoms with E-state index in [2.05, 4.69) is 15.9 Å². The van der Waals surface area contributed by atoms with Crippen LogP contribution in [0.15, 0.2) is 121 Å². The number of hydrogen-bond acceptors (Lipinski definition) is 15. The van der Waals surface area contributed by atoms with Crippen molar-refractivity contribution in [3.63, 3.8) is 0 Å². The average Bonchev–Trinajstić information content (AvgIpc) is 3.25. The van der Waals surface area contributed by atoms with Crippen molar-refractivity contribution in [1.29, 1.82) is 0 Å². The molecule has 0 amide bonds. The van der Waals surface area contributed by atoms with Crippen molar-refractivity contribution in [3.8, 4) is 0 Å². The third-order valence-corrected chi connectivity index (χ3v) is 10.1. The first kappa shape index (κ1) is 43.6. The Kier molecular flexibility index (Phi) is 14.8. The molecular formula is C44H41BrO15. The van der Waals surface area contributed by atoms with E-state index in [4.69, 9.17) is 42.6 Å². The van der Waals surface area contributed by atoms with Gasteiger partial charge in [0.25, 0.3) is 0 Å². The van der Waals surface area contributed by atoms with Gasteiger partial charge in [0.2, 0.25) is 0 Å². The van der Waals surface area contributed by atoms with Crippen molar-refractivity contribution in [2.24, 2.45) is 0 Å². The van der Waals surface area contributed by atoms with Crippen LogP contribution in [0.1, 0.15) is 62.2 Å². The van der Waals surface area contributed by atoms with Gasteiger partial charge in [0.15, 0.2) is 36.8 Å². The van der Waals surface area contributed by atoms with Gasteiger partial charge < -0.3 is 42.6 Å². The van der Waals surface area contributed by atoms with Crippen LogP contribution >= 0.6 is 15.9 Å². The Labute approximate surface area is 353 Å². The molecule has 10 atom stereocenters. The van der Waals surface area contributed by atoms with Gasteiger partial charge in [-0.1, -0.05) is 88.7 Å². The summed E-state index contributed by atoms with van der Waals surface area (Å²) in [6, 6.07) is 31.9. The van der Waals surface area contributed by atoms with E-state index < -0.39 is 103 Å². The molecule has 0 N–H and O–H groups in total. The fourth-order valence-electron chi connectivity index (χ4n) is 6.53. The van der Waals surface area contributed by atoms with E-state index in [1.807, 2.05) is 0 Å². The van der Waals surface area contributed by atoms with E-state index in [1.54, 1.807) is 72.8 Å². The summed E-state index contributed by atoms with van der Waals surface area (Å²) in [6.45, 7) is 3.42. The first-order valence-electron chi connectivity index (χ1n) is 18.8. The molecule has 2 aliphatic heterocycles. The fourth-order valence-corrected chi connectivity index (χ4v) is 7.24. The van der Waals surface area contributed by atoms with Crippen molar-refractivity contribution in [1.82, 2.24) is 0 Å². The Morgan fingerprint density at radius 2 is 0.867 bits per heavy atom. The SMILES string of the molecule is CC(=O)OCC1O[C@H](Br)C(O[C@@H]2OC(C)[C@H](OC(=O)c3ccccc3)C(OC(=O)c3ccccc3)C2OC(=O)c2ccccc2)C(OC(=O)c2ccccc2)[C@@H]1OC(C)=O. The van der Waals surface area contributed by atoms with E-state index >= 15 is 0 Å². The maximum Gasteiger partial charge on any atom is 0.338 e. The highest BCUT2D eigenvalue weighted by atomic mass is 79.9. The topological polar surface area (TPSA) is 185 Å². The molecule has 0 aliphatic carbocycles. The van der Waals surface area contributed by atoms with Crippen LogP contribution in [0.2, 0.25) is 0 Å². The summed E-state index contributed by atoms with van der Waals surface area (Å²) >= 11 is 3.45. The lowest BCUT2D eigenvalue weighted by Gasteiger charge is -2.48. The summed E-state index contributed by atoms with van der Waals surface area (Å²) in [5.74, 6) is -4.82. The molecule has 0 saturated carbocycles. The second-order valence-corrected chi connectivity index (χ2v) is 14.6. The Balaban J connectivity index is 1.42. The Hall–Kier alpha value is -5.94. The number of benzene rings is 4. The monoisotopic (exact) mass is 888 g/mol. The highest BCUT2D eigenvalue weighted by molar-refractivity contribution is 9.09. The number of carbonyl (C=O) groups excluding carboxylic acids is 6. The summed E-state index contributed by atoms with van der Waals surface area (Å²) in [7, 11) is 0. The van der Waals surface area contributed by atoms with Gasteiger partial charge in [0.05, 0.1) is 28.4 Å². The number of alkyl halides is 1. The number of esters is 6. The molecule has 6 unspecified atom stereocenters. The molecule has 60 heavy (non-hydrogen) atoms. The first-order valence-corrected chi connectivity index (χ1v) is 19.8. The fraction of sp³-hybridized carbons (Fsp3) is 0.318. The number of rotatable bonds is 13. The van der Waals surface area contributed by atoms with Crippen LogP contribution in [0.3, 0.4) is 0 Å². The molecule has 15 nitrogen and oxygen atoms in total. The van der Waals surface area contributed by atoms with Crippen molar-refractivity contribution in [3.05, 3.63) is 144 Å². The number of carbonyl (C=O) groups is 6. The van der Waals surface area contributed by atoms with Crippen LogP contribution in [0.5, 0.6) is 0 Å². The normalized spacial score (nSPS) is 26.1. The minimum Gasteiger partial charge on any atom is -0.463 e. The molecule has 2 fully saturated rings. The van der Waals surface area contributed by atoms with Crippen molar-refractivity contribution >= 4 is 51.7 Å². The van der Waals surface area contributed by atoms with Gasteiger partial charge in [-0.25, -0.2) is 19.2 Å². The third kappa shape index (κ3) is 11.0. The maximum absolute atomic E-state index is 13.9. The van der Waals surface area contributed by atoms with Crippen LogP contribution in [0.25, 0.3) is 0 Å². The van der Waals surface area contributed by atoms with Gasteiger partial charge in [0.1, 0.15) is 23.8 Å². The summed E-state index contributed by atoms with van der Waals surface area (Å²) in [5.41, 5.74) is 0.559. The van der Waals surface area contributed by atoms with E-state index in [0.717, 1.165) is 6.92 Å². The Bertz CT molecular complexity index is 2100. The van der Waals surface area contributed by atoms with E-state index in [-0.39, 0.29) is 22.3 Å². The molecule has 2 saturated heterocycles. The van der Waals surface area contributed by atoms with Gasteiger partial charge >= 0.3 is 35.8 Å².